The van der Waals surface area contributed by atoms with Crippen LogP contribution in [0.15, 0.2) is 0 Å². The Balaban J connectivity index is 2.35. The van der Waals surface area contributed by atoms with Crippen LogP contribution in [-0.4, -0.2) is 36.6 Å². The summed E-state index contributed by atoms with van der Waals surface area (Å²) in [6.07, 6.45) is 0.921. The molecule has 1 aliphatic rings. The Labute approximate surface area is 112 Å². The van der Waals surface area contributed by atoms with Crippen molar-refractivity contribution in [3.8, 4) is 0 Å². The molecular formula is C13H20N2O2S. The van der Waals surface area contributed by atoms with Gasteiger partial charge in [0.1, 0.15) is 0 Å². The van der Waals surface area contributed by atoms with Crippen molar-refractivity contribution >= 4 is 22.8 Å². The van der Waals surface area contributed by atoms with E-state index >= 15 is 0 Å². The highest BCUT2D eigenvalue weighted by Crippen LogP contribution is 2.34. The topological polar surface area (TPSA) is 42.4 Å². The first kappa shape index (κ1) is 13.5. The second-order valence-corrected chi connectivity index (χ2v) is 6.54. The molecule has 100 valence electrons. The van der Waals surface area contributed by atoms with Crippen LogP contribution in [0.25, 0.3) is 0 Å². The molecule has 0 N–H and O–H groups in total. The molecule has 2 heterocycles. The zero-order valence-corrected chi connectivity index (χ0v) is 12.2. The third-order valence-corrected chi connectivity index (χ3v) is 4.22. The van der Waals surface area contributed by atoms with E-state index in [2.05, 4.69) is 37.6 Å². The Bertz CT molecular complexity index is 440. The summed E-state index contributed by atoms with van der Waals surface area (Å²) in [4.78, 5) is 18.8. The van der Waals surface area contributed by atoms with Gasteiger partial charge < -0.3 is 9.64 Å². The number of anilines is 1. The Morgan fingerprint density at radius 1 is 1.50 bits per heavy atom. The van der Waals surface area contributed by atoms with Gasteiger partial charge >= 0.3 is 0 Å². The monoisotopic (exact) mass is 268 g/mol. The third-order valence-electron chi connectivity index (χ3n) is 3.20. The second kappa shape index (κ2) is 4.97. The Morgan fingerprint density at radius 2 is 2.22 bits per heavy atom. The minimum Gasteiger partial charge on any atom is -0.377 e. The van der Waals surface area contributed by atoms with Gasteiger partial charge in [-0.15, -0.1) is 0 Å². The maximum atomic E-state index is 11.1. The van der Waals surface area contributed by atoms with Crippen molar-refractivity contribution < 1.29 is 9.53 Å². The van der Waals surface area contributed by atoms with Crippen LogP contribution in [0.3, 0.4) is 0 Å². The average molecular weight is 268 g/mol. The summed E-state index contributed by atoms with van der Waals surface area (Å²) in [7, 11) is 0. The van der Waals surface area contributed by atoms with Crippen LogP contribution < -0.4 is 4.90 Å². The molecule has 0 unspecified atom stereocenters. The summed E-state index contributed by atoms with van der Waals surface area (Å²) >= 11 is 1.49. The lowest BCUT2D eigenvalue weighted by atomic mass is 10.0. The third kappa shape index (κ3) is 2.42. The first-order valence-electron chi connectivity index (χ1n) is 6.27. The first-order chi connectivity index (χ1) is 8.45. The molecule has 2 rings (SSSR count). The van der Waals surface area contributed by atoms with Gasteiger partial charge in [-0.05, 0) is 19.8 Å². The van der Waals surface area contributed by atoms with Gasteiger partial charge in [-0.1, -0.05) is 25.2 Å². The van der Waals surface area contributed by atoms with Gasteiger partial charge in [0.15, 0.2) is 11.4 Å². The second-order valence-electron chi connectivity index (χ2n) is 5.54. The molecule has 1 aliphatic heterocycles. The number of aldehydes is 1. The lowest BCUT2D eigenvalue weighted by molar-refractivity contribution is 0.0643. The summed E-state index contributed by atoms with van der Waals surface area (Å²) in [5.41, 5.74) is 0.845. The van der Waals surface area contributed by atoms with Gasteiger partial charge in [-0.25, -0.2) is 4.98 Å². The van der Waals surface area contributed by atoms with Crippen molar-refractivity contribution in [2.45, 2.75) is 39.2 Å². The number of carbonyl (C=O) groups excluding carboxylic acids is 1. The number of morpholine rings is 1. The van der Waals surface area contributed by atoms with E-state index in [1.54, 1.807) is 0 Å². The van der Waals surface area contributed by atoms with Crippen molar-refractivity contribution in [3.63, 3.8) is 0 Å². The van der Waals surface area contributed by atoms with E-state index in [1.807, 2.05) is 0 Å². The zero-order valence-electron chi connectivity index (χ0n) is 11.4. The molecule has 1 fully saturated rings. The maximum Gasteiger partial charge on any atom is 0.186 e. The summed E-state index contributed by atoms with van der Waals surface area (Å²) < 4.78 is 5.51. The minimum atomic E-state index is -0.0650. The van der Waals surface area contributed by atoms with Crippen LogP contribution in [-0.2, 0) is 4.74 Å². The average Bonchev–Trinajstić information content (AvgIpc) is 2.72. The molecule has 5 heteroatoms. The van der Waals surface area contributed by atoms with Crippen LogP contribution in [0.1, 0.15) is 49.0 Å². The highest BCUT2D eigenvalue weighted by molar-refractivity contribution is 7.17. The highest BCUT2D eigenvalue weighted by Gasteiger charge is 2.33. The molecule has 0 aliphatic carbocycles. The van der Waals surface area contributed by atoms with Crippen LogP contribution in [0.4, 0.5) is 5.13 Å². The number of hydrogen-bond donors (Lipinski definition) is 0. The molecular weight excluding hydrogens is 248 g/mol. The molecule has 0 radical (unpaired) electrons. The Morgan fingerprint density at radius 3 is 2.72 bits per heavy atom. The smallest absolute Gasteiger partial charge is 0.186 e. The van der Waals surface area contributed by atoms with E-state index in [9.17, 15) is 4.79 Å². The van der Waals surface area contributed by atoms with Gasteiger partial charge in [-0.2, -0.15) is 0 Å². The Kier molecular flexibility index (Phi) is 3.73. The number of nitrogens with zero attached hydrogens (tertiary/aromatic N) is 2. The number of thiazole rings is 1. The number of rotatable bonds is 3. The normalized spacial score (nSPS) is 19.3. The van der Waals surface area contributed by atoms with E-state index < -0.39 is 0 Å². The fourth-order valence-corrected chi connectivity index (χ4v) is 3.38. The number of aromatic nitrogens is 1. The quantitative estimate of drug-likeness (QED) is 0.790. The molecule has 0 spiro atoms. The molecule has 0 aromatic carbocycles. The predicted molar refractivity (Wildman–Crippen MR) is 73.8 cm³/mol. The number of hydrogen-bond acceptors (Lipinski definition) is 5. The van der Waals surface area contributed by atoms with E-state index in [0.29, 0.717) is 6.61 Å². The molecule has 4 nitrogen and oxygen atoms in total. The summed E-state index contributed by atoms with van der Waals surface area (Å²) in [5.74, 6) is 0.277. The number of ether oxygens (including phenoxy) is 1. The number of carbonyl (C=O) groups is 1. The van der Waals surface area contributed by atoms with Gasteiger partial charge in [0, 0.05) is 6.54 Å². The SMILES string of the molecule is CC(C)c1nc(N2CCOCC2(C)C)sc1C=O. The van der Waals surface area contributed by atoms with Crippen molar-refractivity contribution in [1.82, 2.24) is 4.98 Å². The molecule has 1 saturated heterocycles. The summed E-state index contributed by atoms with van der Waals surface area (Å²) in [6, 6.07) is 0. The fourth-order valence-electron chi connectivity index (χ4n) is 2.16. The van der Waals surface area contributed by atoms with Crippen molar-refractivity contribution in [2.75, 3.05) is 24.7 Å². The fraction of sp³-hybridized carbons (Fsp3) is 0.692. The largest absolute Gasteiger partial charge is 0.377 e. The van der Waals surface area contributed by atoms with Crippen molar-refractivity contribution in [2.24, 2.45) is 0 Å². The van der Waals surface area contributed by atoms with Crippen LogP contribution in [0.2, 0.25) is 0 Å². The molecule has 0 amide bonds. The Hall–Kier alpha value is -0.940. The predicted octanol–water partition coefficient (Wildman–Crippen LogP) is 2.69. The molecule has 18 heavy (non-hydrogen) atoms. The summed E-state index contributed by atoms with van der Waals surface area (Å²) in [6.45, 7) is 10.7. The lowest BCUT2D eigenvalue weighted by Gasteiger charge is -2.42. The molecule has 1 aromatic heterocycles. The molecule has 0 saturated carbocycles. The van der Waals surface area contributed by atoms with Gasteiger partial charge in [0.25, 0.3) is 0 Å². The molecule has 0 atom stereocenters. The van der Waals surface area contributed by atoms with E-state index in [1.165, 1.54) is 11.3 Å². The standard InChI is InChI=1S/C13H20N2O2S/c1-9(2)11-10(7-16)18-12(14-11)15-5-6-17-8-13(15,3)4/h7,9H,5-6,8H2,1-4H3. The zero-order chi connectivity index (χ0) is 13.3. The van der Waals surface area contributed by atoms with Gasteiger partial charge in [0.05, 0.1) is 29.3 Å². The lowest BCUT2D eigenvalue weighted by Crippen LogP contribution is -2.53. The van der Waals surface area contributed by atoms with Crippen LogP contribution >= 0.6 is 11.3 Å². The maximum absolute atomic E-state index is 11.1. The van der Waals surface area contributed by atoms with Crippen molar-refractivity contribution in [1.29, 1.82) is 0 Å². The van der Waals surface area contributed by atoms with Crippen LogP contribution in [0, 0.1) is 0 Å². The minimum absolute atomic E-state index is 0.0650. The van der Waals surface area contributed by atoms with Gasteiger partial charge in [0.2, 0.25) is 0 Å². The summed E-state index contributed by atoms with van der Waals surface area (Å²) in [5, 5.41) is 0.939. The van der Waals surface area contributed by atoms with E-state index in [4.69, 9.17) is 4.74 Å². The van der Waals surface area contributed by atoms with E-state index in [0.717, 1.165) is 35.1 Å². The molecule has 1 aromatic rings. The highest BCUT2D eigenvalue weighted by atomic mass is 32.1. The van der Waals surface area contributed by atoms with Gasteiger partial charge in [-0.3, -0.25) is 4.79 Å². The first-order valence-corrected chi connectivity index (χ1v) is 7.08. The van der Waals surface area contributed by atoms with E-state index in [-0.39, 0.29) is 11.5 Å². The van der Waals surface area contributed by atoms with Crippen molar-refractivity contribution in [3.05, 3.63) is 10.6 Å². The molecule has 0 bridgehead atoms. The van der Waals surface area contributed by atoms with Crippen LogP contribution in [0.5, 0.6) is 0 Å².